The Morgan fingerprint density at radius 1 is 0.846 bits per heavy atom. The lowest BCUT2D eigenvalue weighted by atomic mass is 10.00. The average Bonchev–Trinajstić information content (AvgIpc) is 2.69. The van der Waals surface area contributed by atoms with Gasteiger partial charge in [0.25, 0.3) is 5.91 Å². The summed E-state index contributed by atoms with van der Waals surface area (Å²) in [6.45, 7) is 1.97. The van der Waals surface area contributed by atoms with Crippen LogP contribution in [0, 0.1) is 6.92 Å². The van der Waals surface area contributed by atoms with Gasteiger partial charge in [0, 0.05) is 22.2 Å². The zero-order chi connectivity index (χ0) is 17.9. The molecule has 0 aliphatic heterocycles. The van der Waals surface area contributed by atoms with Gasteiger partial charge < -0.3 is 5.32 Å². The summed E-state index contributed by atoms with van der Waals surface area (Å²) in [5, 5.41) is 3.92. The number of anilines is 1. The molecule has 0 atom stereocenters. The Morgan fingerprint density at radius 3 is 2.46 bits per heavy atom. The third-order valence-corrected chi connectivity index (χ3v) is 4.36. The van der Waals surface area contributed by atoms with E-state index in [4.69, 9.17) is 0 Å². The molecule has 126 valence electrons. The number of aryl methyl sites for hydroxylation is 1. The predicted octanol–water partition coefficient (Wildman–Crippen LogP) is 4.86. The van der Waals surface area contributed by atoms with E-state index in [-0.39, 0.29) is 5.91 Å². The number of carbonyl (C=O) groups excluding carboxylic acids is 1. The molecule has 0 fully saturated rings. The van der Waals surface area contributed by atoms with E-state index in [1.165, 1.54) is 6.33 Å². The molecule has 0 aliphatic carbocycles. The number of amides is 1. The standard InChI is InChI=1S/C22H17N3O/c1-15-8-2-6-12-19(15)25-22(26)17-10-4-3-9-16(17)21-18-11-5-7-13-20(18)23-14-24-21/h2-14H,1H3,(H,25,26). The molecule has 1 heterocycles. The van der Waals surface area contributed by atoms with E-state index in [2.05, 4.69) is 15.3 Å². The van der Waals surface area contributed by atoms with E-state index >= 15 is 0 Å². The summed E-state index contributed by atoms with van der Waals surface area (Å²) in [5.74, 6) is -0.155. The van der Waals surface area contributed by atoms with E-state index in [0.717, 1.165) is 33.4 Å². The zero-order valence-electron chi connectivity index (χ0n) is 14.3. The van der Waals surface area contributed by atoms with Crippen LogP contribution < -0.4 is 5.32 Å². The lowest BCUT2D eigenvalue weighted by Crippen LogP contribution is -2.14. The number of para-hydroxylation sites is 2. The largest absolute Gasteiger partial charge is 0.322 e. The molecule has 4 rings (SSSR count). The number of hydrogen-bond acceptors (Lipinski definition) is 3. The number of hydrogen-bond donors (Lipinski definition) is 1. The summed E-state index contributed by atoms with van der Waals surface area (Å²) in [5.41, 5.74) is 4.81. The first-order valence-corrected chi connectivity index (χ1v) is 8.40. The fourth-order valence-electron chi connectivity index (χ4n) is 3.01. The SMILES string of the molecule is Cc1ccccc1NC(=O)c1ccccc1-c1ncnc2ccccc12. The molecule has 0 aliphatic rings. The highest BCUT2D eigenvalue weighted by atomic mass is 16.1. The van der Waals surface area contributed by atoms with Gasteiger partial charge in [0.1, 0.15) is 6.33 Å². The molecule has 3 aromatic carbocycles. The van der Waals surface area contributed by atoms with Gasteiger partial charge in [-0.05, 0) is 30.7 Å². The van der Waals surface area contributed by atoms with Crippen molar-refractivity contribution in [2.75, 3.05) is 5.32 Å². The first-order valence-electron chi connectivity index (χ1n) is 8.40. The molecule has 0 spiro atoms. The van der Waals surface area contributed by atoms with E-state index in [1.807, 2.05) is 79.7 Å². The number of carbonyl (C=O) groups is 1. The minimum absolute atomic E-state index is 0.155. The maximum Gasteiger partial charge on any atom is 0.256 e. The van der Waals surface area contributed by atoms with Crippen molar-refractivity contribution in [2.24, 2.45) is 0 Å². The van der Waals surface area contributed by atoms with E-state index < -0.39 is 0 Å². The summed E-state index contributed by atoms with van der Waals surface area (Å²) in [6, 6.07) is 23.0. The monoisotopic (exact) mass is 339 g/mol. The molecule has 0 bridgehead atoms. The maximum atomic E-state index is 12.9. The van der Waals surface area contributed by atoms with Crippen LogP contribution in [-0.2, 0) is 0 Å². The number of benzene rings is 3. The van der Waals surface area contributed by atoms with Crippen molar-refractivity contribution in [2.45, 2.75) is 6.92 Å². The van der Waals surface area contributed by atoms with Crippen LogP contribution in [0.3, 0.4) is 0 Å². The molecule has 0 radical (unpaired) electrons. The van der Waals surface area contributed by atoms with Gasteiger partial charge in [-0.2, -0.15) is 0 Å². The number of nitrogens with zero attached hydrogens (tertiary/aromatic N) is 2. The predicted molar refractivity (Wildman–Crippen MR) is 104 cm³/mol. The smallest absolute Gasteiger partial charge is 0.256 e. The third-order valence-electron chi connectivity index (χ3n) is 4.36. The molecule has 4 aromatic rings. The Hall–Kier alpha value is -3.53. The molecule has 0 saturated heterocycles. The lowest BCUT2D eigenvalue weighted by molar-refractivity contribution is 0.102. The Bertz CT molecular complexity index is 1100. The second kappa shape index (κ2) is 6.76. The highest BCUT2D eigenvalue weighted by molar-refractivity contribution is 6.10. The van der Waals surface area contributed by atoms with Gasteiger partial charge in [-0.15, -0.1) is 0 Å². The van der Waals surface area contributed by atoms with Gasteiger partial charge >= 0.3 is 0 Å². The molecule has 4 heteroatoms. The number of aromatic nitrogens is 2. The second-order valence-corrected chi connectivity index (χ2v) is 6.05. The van der Waals surface area contributed by atoms with Crippen LogP contribution in [0.2, 0.25) is 0 Å². The molecular weight excluding hydrogens is 322 g/mol. The van der Waals surface area contributed by atoms with E-state index in [1.54, 1.807) is 0 Å². The van der Waals surface area contributed by atoms with Crippen molar-refractivity contribution in [1.82, 2.24) is 9.97 Å². The Labute approximate surface area is 151 Å². The van der Waals surface area contributed by atoms with Gasteiger partial charge in [-0.25, -0.2) is 9.97 Å². The molecule has 1 N–H and O–H groups in total. The van der Waals surface area contributed by atoms with Crippen LogP contribution in [0.15, 0.2) is 79.1 Å². The fourth-order valence-corrected chi connectivity index (χ4v) is 3.01. The van der Waals surface area contributed by atoms with Crippen LogP contribution in [0.25, 0.3) is 22.2 Å². The van der Waals surface area contributed by atoms with E-state index in [9.17, 15) is 4.79 Å². The highest BCUT2D eigenvalue weighted by Crippen LogP contribution is 2.28. The molecule has 4 nitrogen and oxygen atoms in total. The first-order chi connectivity index (χ1) is 12.7. The number of fused-ring (bicyclic) bond motifs is 1. The maximum absolute atomic E-state index is 12.9. The van der Waals surface area contributed by atoms with Crippen LogP contribution in [0.4, 0.5) is 5.69 Å². The highest BCUT2D eigenvalue weighted by Gasteiger charge is 2.16. The van der Waals surface area contributed by atoms with Crippen LogP contribution in [0.5, 0.6) is 0 Å². The Morgan fingerprint density at radius 2 is 1.58 bits per heavy atom. The van der Waals surface area contributed by atoms with Crippen molar-refractivity contribution in [1.29, 1.82) is 0 Å². The van der Waals surface area contributed by atoms with Gasteiger partial charge in [0.05, 0.1) is 11.2 Å². The molecule has 26 heavy (non-hydrogen) atoms. The minimum Gasteiger partial charge on any atom is -0.322 e. The van der Waals surface area contributed by atoms with E-state index in [0.29, 0.717) is 5.56 Å². The topological polar surface area (TPSA) is 54.9 Å². The lowest BCUT2D eigenvalue weighted by Gasteiger charge is -2.12. The van der Waals surface area contributed by atoms with Crippen molar-refractivity contribution in [3.05, 3.63) is 90.3 Å². The summed E-state index contributed by atoms with van der Waals surface area (Å²) in [4.78, 5) is 21.7. The van der Waals surface area contributed by atoms with Crippen molar-refractivity contribution in [3.63, 3.8) is 0 Å². The summed E-state index contributed by atoms with van der Waals surface area (Å²) < 4.78 is 0. The van der Waals surface area contributed by atoms with Gasteiger partial charge in [-0.1, -0.05) is 54.6 Å². The van der Waals surface area contributed by atoms with Crippen LogP contribution >= 0.6 is 0 Å². The molecular formula is C22H17N3O. The molecule has 0 unspecified atom stereocenters. The van der Waals surface area contributed by atoms with Gasteiger partial charge in [0.15, 0.2) is 0 Å². The summed E-state index contributed by atoms with van der Waals surface area (Å²) in [6.07, 6.45) is 1.54. The fraction of sp³-hybridized carbons (Fsp3) is 0.0455. The van der Waals surface area contributed by atoms with Crippen LogP contribution in [0.1, 0.15) is 15.9 Å². The molecule has 1 amide bonds. The minimum atomic E-state index is -0.155. The molecule has 0 saturated carbocycles. The Kier molecular flexibility index (Phi) is 4.15. The average molecular weight is 339 g/mol. The van der Waals surface area contributed by atoms with Crippen LogP contribution in [-0.4, -0.2) is 15.9 Å². The van der Waals surface area contributed by atoms with Crippen molar-refractivity contribution < 1.29 is 4.79 Å². The first kappa shape index (κ1) is 16.0. The normalized spacial score (nSPS) is 10.7. The second-order valence-electron chi connectivity index (χ2n) is 6.05. The quantitative estimate of drug-likeness (QED) is 0.580. The van der Waals surface area contributed by atoms with Gasteiger partial charge in [0.2, 0.25) is 0 Å². The number of rotatable bonds is 3. The third kappa shape index (κ3) is 2.93. The van der Waals surface area contributed by atoms with Crippen molar-refractivity contribution in [3.8, 4) is 11.3 Å². The Balaban J connectivity index is 1.80. The zero-order valence-corrected chi connectivity index (χ0v) is 14.3. The summed E-state index contributed by atoms with van der Waals surface area (Å²) >= 11 is 0. The number of nitrogens with one attached hydrogen (secondary N) is 1. The van der Waals surface area contributed by atoms with Crippen molar-refractivity contribution >= 4 is 22.5 Å². The van der Waals surface area contributed by atoms with Gasteiger partial charge in [-0.3, -0.25) is 4.79 Å². The summed E-state index contributed by atoms with van der Waals surface area (Å²) in [7, 11) is 0. The molecule has 1 aromatic heterocycles.